The summed E-state index contributed by atoms with van der Waals surface area (Å²) in [6, 6.07) is 11.7. The molecule has 1 atom stereocenters. The molecule has 0 radical (unpaired) electrons. The standard InChI is InChI=1S/C25H27N3O4S2/c1-2-3-14-27-20-13-12-19(17-8-6-9-18(23(17)20)25(27)30)26-24(29)21-10-4-5-15-28(21)34(31,32)22-11-7-16-33-22/h6-9,11-13,16,21H,2-5,10,14-15H2,1H3,(H,26,29)/t21-/m0/s1. The zero-order valence-electron chi connectivity index (χ0n) is 19.0. The monoisotopic (exact) mass is 497 g/mol. The van der Waals surface area contributed by atoms with Crippen molar-refractivity contribution in [1.82, 2.24) is 4.31 Å². The van der Waals surface area contributed by atoms with E-state index in [-0.39, 0.29) is 16.0 Å². The molecule has 3 aromatic rings. The number of anilines is 2. The number of amides is 2. The first-order chi connectivity index (χ1) is 16.4. The third-order valence-corrected chi connectivity index (χ3v) is 9.87. The Kier molecular flexibility index (Phi) is 6.18. The Morgan fingerprint density at radius 2 is 2.00 bits per heavy atom. The van der Waals surface area contributed by atoms with Crippen LogP contribution in [0.15, 0.2) is 52.1 Å². The van der Waals surface area contributed by atoms with Gasteiger partial charge in [-0.3, -0.25) is 9.59 Å². The minimum absolute atomic E-state index is 0.0157. The Hall–Kier alpha value is -2.75. The Morgan fingerprint density at radius 1 is 1.15 bits per heavy atom. The van der Waals surface area contributed by atoms with Gasteiger partial charge in [0.2, 0.25) is 5.91 Å². The molecule has 5 rings (SSSR count). The minimum atomic E-state index is -3.73. The molecule has 0 bridgehead atoms. The van der Waals surface area contributed by atoms with E-state index >= 15 is 0 Å². The minimum Gasteiger partial charge on any atom is -0.324 e. The average Bonchev–Trinajstić information content (AvgIpc) is 3.48. The Balaban J connectivity index is 1.46. The number of carbonyl (C=O) groups excluding carboxylic acids is 2. The zero-order chi connectivity index (χ0) is 23.9. The second-order valence-corrected chi connectivity index (χ2v) is 11.8. The van der Waals surface area contributed by atoms with Gasteiger partial charge in [-0.25, -0.2) is 8.42 Å². The third kappa shape index (κ3) is 3.81. The summed E-state index contributed by atoms with van der Waals surface area (Å²) in [5.74, 6) is -0.356. The number of nitrogens with zero attached hydrogens (tertiary/aromatic N) is 2. The number of carbonyl (C=O) groups is 2. The number of hydrogen-bond donors (Lipinski definition) is 1. The maximum absolute atomic E-state index is 13.4. The van der Waals surface area contributed by atoms with E-state index in [1.165, 1.54) is 4.31 Å². The Bertz CT molecular complexity index is 1350. The topological polar surface area (TPSA) is 86.8 Å². The highest BCUT2D eigenvalue weighted by molar-refractivity contribution is 7.91. The molecular formula is C25H27N3O4S2. The van der Waals surface area contributed by atoms with Crippen LogP contribution in [-0.4, -0.2) is 43.7 Å². The second-order valence-electron chi connectivity index (χ2n) is 8.72. The highest BCUT2D eigenvalue weighted by Gasteiger charge is 2.38. The van der Waals surface area contributed by atoms with Gasteiger partial charge in [0, 0.05) is 35.1 Å². The molecule has 2 aliphatic heterocycles. The molecule has 7 nitrogen and oxygen atoms in total. The van der Waals surface area contributed by atoms with Gasteiger partial charge in [-0.1, -0.05) is 38.0 Å². The predicted molar refractivity (Wildman–Crippen MR) is 135 cm³/mol. The van der Waals surface area contributed by atoms with E-state index < -0.39 is 16.1 Å². The van der Waals surface area contributed by atoms with Gasteiger partial charge in [0.1, 0.15) is 10.3 Å². The number of sulfonamides is 1. The molecule has 2 amide bonds. The van der Waals surface area contributed by atoms with Crippen LogP contribution in [0.3, 0.4) is 0 Å². The molecule has 0 unspecified atom stereocenters. The van der Waals surface area contributed by atoms with E-state index in [9.17, 15) is 18.0 Å². The lowest BCUT2D eigenvalue weighted by Crippen LogP contribution is -2.49. The number of thiophene rings is 1. The summed E-state index contributed by atoms with van der Waals surface area (Å²) in [5.41, 5.74) is 2.09. The molecule has 1 fully saturated rings. The van der Waals surface area contributed by atoms with Crippen molar-refractivity contribution >= 4 is 55.3 Å². The van der Waals surface area contributed by atoms with E-state index in [1.54, 1.807) is 17.5 Å². The first-order valence-corrected chi connectivity index (χ1v) is 14.0. The van der Waals surface area contributed by atoms with Crippen molar-refractivity contribution in [2.75, 3.05) is 23.3 Å². The molecule has 34 heavy (non-hydrogen) atoms. The lowest BCUT2D eigenvalue weighted by atomic mass is 10.0. The second kappa shape index (κ2) is 9.13. The van der Waals surface area contributed by atoms with Gasteiger partial charge < -0.3 is 10.2 Å². The number of nitrogens with one attached hydrogen (secondary N) is 1. The Labute approximate surface area is 203 Å². The van der Waals surface area contributed by atoms with Gasteiger partial charge in [-0.05, 0) is 48.9 Å². The van der Waals surface area contributed by atoms with Crippen LogP contribution < -0.4 is 10.2 Å². The van der Waals surface area contributed by atoms with Gasteiger partial charge >= 0.3 is 0 Å². The number of unbranched alkanes of at least 4 members (excludes halogenated alkanes) is 1. The molecular weight excluding hydrogens is 470 g/mol. The molecule has 1 N–H and O–H groups in total. The zero-order valence-corrected chi connectivity index (χ0v) is 20.6. The van der Waals surface area contributed by atoms with Gasteiger partial charge in [-0.15, -0.1) is 11.3 Å². The van der Waals surface area contributed by atoms with Crippen molar-refractivity contribution in [3.63, 3.8) is 0 Å². The molecule has 178 valence electrons. The molecule has 1 aromatic heterocycles. The predicted octanol–water partition coefficient (Wildman–Crippen LogP) is 4.84. The molecule has 3 heterocycles. The van der Waals surface area contributed by atoms with E-state index in [0.29, 0.717) is 30.8 Å². The lowest BCUT2D eigenvalue weighted by Gasteiger charge is -2.33. The van der Waals surface area contributed by atoms with E-state index in [4.69, 9.17) is 0 Å². The van der Waals surface area contributed by atoms with Crippen molar-refractivity contribution in [3.8, 4) is 0 Å². The SMILES string of the molecule is CCCCN1C(=O)c2cccc3c(NC(=O)[C@@H]4CCCCN4S(=O)(=O)c4cccs4)ccc1c23. The molecule has 1 saturated heterocycles. The molecule has 2 aliphatic rings. The Morgan fingerprint density at radius 3 is 2.76 bits per heavy atom. The average molecular weight is 498 g/mol. The molecule has 2 aromatic carbocycles. The van der Waals surface area contributed by atoms with Crippen LogP contribution in [0.1, 0.15) is 49.4 Å². The number of rotatable bonds is 7. The fraction of sp³-hybridized carbons (Fsp3) is 0.360. The molecule has 0 aliphatic carbocycles. The normalized spacial score (nSPS) is 18.6. The van der Waals surface area contributed by atoms with E-state index in [2.05, 4.69) is 12.2 Å². The lowest BCUT2D eigenvalue weighted by molar-refractivity contribution is -0.120. The highest BCUT2D eigenvalue weighted by Crippen LogP contribution is 2.41. The highest BCUT2D eigenvalue weighted by atomic mass is 32.2. The molecule has 0 spiro atoms. The number of piperidine rings is 1. The number of benzene rings is 2. The van der Waals surface area contributed by atoms with Crippen LogP contribution in [0, 0.1) is 0 Å². The fourth-order valence-electron chi connectivity index (χ4n) is 4.89. The van der Waals surface area contributed by atoms with Crippen LogP contribution in [-0.2, 0) is 14.8 Å². The van der Waals surface area contributed by atoms with Crippen molar-refractivity contribution in [3.05, 3.63) is 53.4 Å². The summed E-state index contributed by atoms with van der Waals surface area (Å²) in [6.45, 7) is 3.07. The maximum atomic E-state index is 13.4. The summed E-state index contributed by atoms with van der Waals surface area (Å²) in [5, 5.41) is 6.34. The van der Waals surface area contributed by atoms with Crippen LogP contribution in [0.2, 0.25) is 0 Å². The van der Waals surface area contributed by atoms with Crippen LogP contribution in [0.25, 0.3) is 10.8 Å². The summed E-state index contributed by atoms with van der Waals surface area (Å²) in [4.78, 5) is 28.2. The maximum Gasteiger partial charge on any atom is 0.258 e. The van der Waals surface area contributed by atoms with Crippen molar-refractivity contribution in [1.29, 1.82) is 0 Å². The first kappa shape index (κ1) is 23.0. The summed E-state index contributed by atoms with van der Waals surface area (Å²) in [7, 11) is -3.73. The van der Waals surface area contributed by atoms with Crippen LogP contribution in [0.4, 0.5) is 11.4 Å². The largest absolute Gasteiger partial charge is 0.324 e. The van der Waals surface area contributed by atoms with E-state index in [0.717, 1.165) is 53.5 Å². The quantitative estimate of drug-likeness (QED) is 0.506. The fourth-order valence-corrected chi connectivity index (χ4v) is 7.67. The van der Waals surface area contributed by atoms with Crippen LogP contribution in [0.5, 0.6) is 0 Å². The van der Waals surface area contributed by atoms with Gasteiger partial charge in [0.15, 0.2) is 0 Å². The van der Waals surface area contributed by atoms with Crippen molar-refractivity contribution in [2.45, 2.75) is 49.3 Å². The first-order valence-electron chi connectivity index (χ1n) is 11.7. The molecule has 0 saturated carbocycles. The van der Waals surface area contributed by atoms with Crippen LogP contribution >= 0.6 is 11.3 Å². The van der Waals surface area contributed by atoms with Gasteiger partial charge in [-0.2, -0.15) is 4.31 Å². The third-order valence-electron chi connectivity index (χ3n) is 6.59. The number of hydrogen-bond acceptors (Lipinski definition) is 5. The summed E-state index contributed by atoms with van der Waals surface area (Å²) >= 11 is 1.16. The molecule has 9 heteroatoms. The summed E-state index contributed by atoms with van der Waals surface area (Å²) in [6.07, 6.45) is 3.89. The summed E-state index contributed by atoms with van der Waals surface area (Å²) < 4.78 is 28.0. The smallest absolute Gasteiger partial charge is 0.258 e. The van der Waals surface area contributed by atoms with Crippen molar-refractivity contribution < 1.29 is 18.0 Å². The van der Waals surface area contributed by atoms with Crippen molar-refractivity contribution in [2.24, 2.45) is 0 Å². The van der Waals surface area contributed by atoms with E-state index in [1.807, 2.05) is 35.2 Å². The van der Waals surface area contributed by atoms with Gasteiger partial charge in [0.25, 0.3) is 15.9 Å². The van der Waals surface area contributed by atoms with Gasteiger partial charge in [0.05, 0.1) is 5.69 Å².